The minimum absolute atomic E-state index is 0.208. The van der Waals surface area contributed by atoms with E-state index in [1.807, 2.05) is 9.80 Å². The van der Waals surface area contributed by atoms with Crippen LogP contribution in [0.1, 0.15) is 11.5 Å². The molecule has 0 atom stereocenters. The Hall–Kier alpha value is -2.62. The van der Waals surface area contributed by atoms with Gasteiger partial charge in [-0.3, -0.25) is 19.4 Å². The Kier molecular flexibility index (Phi) is 6.28. The number of aromatic hydroxyl groups is 2. The number of hydrogen-bond acceptors (Lipinski definition) is 9. The maximum Gasteiger partial charge on any atom is 0.226 e. The third-order valence-corrected chi connectivity index (χ3v) is 4.43. The topological polar surface area (TPSA) is 117 Å². The van der Waals surface area contributed by atoms with E-state index in [0.717, 1.165) is 0 Å². The first-order chi connectivity index (χ1) is 13.0. The summed E-state index contributed by atoms with van der Waals surface area (Å²) in [5.74, 6) is -0.350. The van der Waals surface area contributed by atoms with E-state index in [4.69, 9.17) is 13.6 Å². The van der Waals surface area contributed by atoms with Gasteiger partial charge in [0.1, 0.15) is 0 Å². The van der Waals surface area contributed by atoms with Crippen LogP contribution in [0.2, 0.25) is 0 Å². The van der Waals surface area contributed by atoms with Gasteiger partial charge in [-0.2, -0.15) is 0 Å². The third kappa shape index (κ3) is 4.97. The van der Waals surface area contributed by atoms with Crippen LogP contribution < -0.4 is 10.9 Å². The van der Waals surface area contributed by atoms with Crippen LogP contribution in [0.25, 0.3) is 0 Å². The lowest BCUT2D eigenvalue weighted by Gasteiger charge is -2.24. The standard InChI is InChI=1S/C18H22N2O7/c21-13-1-7-26-15(17(13)23)11-19-3-4-20(6-10-25-9-5-19)12-16-18(24)14(22)2-8-27-16/h1-2,7-8,23-24H,3-6,9-12H2. The van der Waals surface area contributed by atoms with Crippen molar-refractivity contribution in [1.29, 1.82) is 0 Å². The SMILES string of the molecule is O=c1ccoc(CN2CCOCCN(Cc3occc(=O)c3O)CC2)c1O. The zero-order chi connectivity index (χ0) is 19.2. The van der Waals surface area contributed by atoms with Crippen molar-refractivity contribution >= 4 is 0 Å². The number of ether oxygens (including phenoxy) is 1. The minimum atomic E-state index is -0.479. The molecule has 0 radical (unpaired) electrons. The van der Waals surface area contributed by atoms with Crippen molar-refractivity contribution in [2.45, 2.75) is 13.1 Å². The molecular formula is C18H22N2O7. The van der Waals surface area contributed by atoms with E-state index < -0.39 is 10.9 Å². The Morgan fingerprint density at radius 2 is 1.22 bits per heavy atom. The van der Waals surface area contributed by atoms with Crippen molar-refractivity contribution in [2.75, 3.05) is 39.4 Å². The molecule has 9 heteroatoms. The fraction of sp³-hybridized carbons (Fsp3) is 0.444. The summed E-state index contributed by atoms with van der Waals surface area (Å²) in [5.41, 5.74) is -0.957. The van der Waals surface area contributed by atoms with Gasteiger partial charge in [-0.05, 0) is 0 Å². The fourth-order valence-corrected chi connectivity index (χ4v) is 2.84. The molecule has 1 aliphatic rings. The van der Waals surface area contributed by atoms with Crippen LogP contribution in [0.4, 0.5) is 0 Å². The summed E-state index contributed by atoms with van der Waals surface area (Å²) in [7, 11) is 0. The smallest absolute Gasteiger partial charge is 0.226 e. The van der Waals surface area contributed by atoms with Crippen LogP contribution in [-0.2, 0) is 17.8 Å². The summed E-state index contributed by atoms with van der Waals surface area (Å²) < 4.78 is 16.1. The normalized spacial score (nSPS) is 17.2. The maximum absolute atomic E-state index is 11.6. The molecule has 2 aromatic rings. The maximum atomic E-state index is 11.6. The molecule has 9 nitrogen and oxygen atoms in total. The molecule has 2 aromatic heterocycles. The summed E-state index contributed by atoms with van der Waals surface area (Å²) in [6, 6.07) is 2.34. The van der Waals surface area contributed by atoms with Gasteiger partial charge in [0.25, 0.3) is 0 Å². The first-order valence-corrected chi connectivity index (χ1v) is 8.66. The molecule has 0 aliphatic carbocycles. The minimum Gasteiger partial charge on any atom is -0.502 e. The van der Waals surface area contributed by atoms with Crippen LogP contribution in [-0.4, -0.2) is 59.4 Å². The predicted molar refractivity (Wildman–Crippen MR) is 94.7 cm³/mol. The van der Waals surface area contributed by atoms with Crippen LogP contribution in [0.15, 0.2) is 43.1 Å². The van der Waals surface area contributed by atoms with Gasteiger partial charge >= 0.3 is 0 Å². The Labute approximate surface area is 155 Å². The molecule has 0 saturated carbocycles. The lowest BCUT2D eigenvalue weighted by atomic mass is 10.3. The van der Waals surface area contributed by atoms with Crippen molar-refractivity contribution in [1.82, 2.24) is 9.80 Å². The molecule has 1 saturated heterocycles. The summed E-state index contributed by atoms with van der Waals surface area (Å²) in [4.78, 5) is 27.1. The number of rotatable bonds is 4. The van der Waals surface area contributed by atoms with E-state index >= 15 is 0 Å². The van der Waals surface area contributed by atoms with Crippen molar-refractivity contribution in [3.63, 3.8) is 0 Å². The highest BCUT2D eigenvalue weighted by molar-refractivity contribution is 5.23. The second-order valence-electron chi connectivity index (χ2n) is 6.28. The Morgan fingerprint density at radius 1 is 0.778 bits per heavy atom. The lowest BCUT2D eigenvalue weighted by molar-refractivity contribution is 0.100. The molecule has 3 rings (SSSR count). The molecule has 27 heavy (non-hydrogen) atoms. The molecule has 2 N–H and O–H groups in total. The first kappa shape index (κ1) is 19.2. The van der Waals surface area contributed by atoms with Gasteiger partial charge in [-0.25, -0.2) is 0 Å². The highest BCUT2D eigenvalue weighted by Crippen LogP contribution is 2.16. The molecule has 3 heterocycles. The van der Waals surface area contributed by atoms with Gasteiger partial charge in [0.2, 0.25) is 22.4 Å². The van der Waals surface area contributed by atoms with Crippen molar-refractivity contribution in [2.24, 2.45) is 0 Å². The molecule has 146 valence electrons. The van der Waals surface area contributed by atoms with E-state index in [2.05, 4.69) is 0 Å². The van der Waals surface area contributed by atoms with Crippen LogP contribution in [0.3, 0.4) is 0 Å². The summed E-state index contributed by atoms with van der Waals surface area (Å²) >= 11 is 0. The average Bonchev–Trinajstić information content (AvgIpc) is 2.76. The Bertz CT molecular complexity index is 805. The zero-order valence-electron chi connectivity index (χ0n) is 14.8. The molecule has 1 aliphatic heterocycles. The summed E-state index contributed by atoms with van der Waals surface area (Å²) in [6.07, 6.45) is 2.52. The van der Waals surface area contributed by atoms with E-state index in [0.29, 0.717) is 39.4 Å². The van der Waals surface area contributed by atoms with Crippen molar-refractivity contribution in [3.8, 4) is 11.5 Å². The van der Waals surface area contributed by atoms with Crippen LogP contribution in [0, 0.1) is 0 Å². The van der Waals surface area contributed by atoms with E-state index in [1.54, 1.807) is 0 Å². The third-order valence-electron chi connectivity index (χ3n) is 4.43. The molecule has 0 aromatic carbocycles. The second-order valence-corrected chi connectivity index (χ2v) is 6.28. The number of hydrogen-bond donors (Lipinski definition) is 2. The summed E-state index contributed by atoms with van der Waals surface area (Å²) in [5, 5.41) is 19.7. The largest absolute Gasteiger partial charge is 0.502 e. The Morgan fingerprint density at radius 3 is 1.67 bits per heavy atom. The van der Waals surface area contributed by atoms with Crippen molar-refractivity contribution in [3.05, 3.63) is 56.6 Å². The van der Waals surface area contributed by atoms with Crippen molar-refractivity contribution < 1.29 is 23.8 Å². The van der Waals surface area contributed by atoms with E-state index in [-0.39, 0.29) is 36.1 Å². The first-order valence-electron chi connectivity index (χ1n) is 8.66. The van der Waals surface area contributed by atoms with Gasteiger partial charge in [-0.15, -0.1) is 0 Å². The zero-order valence-corrected chi connectivity index (χ0v) is 14.8. The molecule has 0 unspecified atom stereocenters. The molecule has 0 spiro atoms. The highest BCUT2D eigenvalue weighted by atomic mass is 16.5. The predicted octanol–water partition coefficient (Wildman–Crippen LogP) is 0.339. The highest BCUT2D eigenvalue weighted by Gasteiger charge is 2.18. The fourth-order valence-electron chi connectivity index (χ4n) is 2.84. The van der Waals surface area contributed by atoms with E-state index in [9.17, 15) is 19.8 Å². The lowest BCUT2D eigenvalue weighted by Crippen LogP contribution is -2.35. The summed E-state index contributed by atoms with van der Waals surface area (Å²) in [6.45, 7) is 3.97. The monoisotopic (exact) mass is 378 g/mol. The average molecular weight is 378 g/mol. The second kappa shape index (κ2) is 8.85. The molecule has 0 bridgehead atoms. The molecule has 0 amide bonds. The van der Waals surface area contributed by atoms with Gasteiger partial charge in [0.05, 0.1) is 38.8 Å². The van der Waals surface area contributed by atoms with Gasteiger partial charge < -0.3 is 23.8 Å². The number of nitrogens with zero attached hydrogens (tertiary/aromatic N) is 2. The molecular weight excluding hydrogens is 356 g/mol. The quantitative estimate of drug-likeness (QED) is 0.776. The van der Waals surface area contributed by atoms with E-state index in [1.165, 1.54) is 24.7 Å². The van der Waals surface area contributed by atoms with Crippen LogP contribution in [0.5, 0.6) is 11.5 Å². The van der Waals surface area contributed by atoms with Gasteiger partial charge in [-0.1, -0.05) is 0 Å². The Balaban J connectivity index is 1.68. The molecule has 1 fully saturated rings. The van der Waals surface area contributed by atoms with Crippen LogP contribution >= 0.6 is 0 Å². The van der Waals surface area contributed by atoms with Gasteiger partial charge in [0, 0.05) is 38.3 Å². The van der Waals surface area contributed by atoms with Gasteiger partial charge in [0.15, 0.2) is 11.5 Å².